The van der Waals surface area contributed by atoms with E-state index in [4.69, 9.17) is 0 Å². The SMILES string of the molecule is Cc1[nH]n(-c2ccccc2)c(=O)c1/C=N/NC(=O)Cc1cccn1C. The highest BCUT2D eigenvalue weighted by molar-refractivity contribution is 5.83. The van der Waals surface area contributed by atoms with Gasteiger partial charge in [0.2, 0.25) is 5.91 Å². The van der Waals surface area contributed by atoms with Gasteiger partial charge in [0.05, 0.1) is 23.9 Å². The predicted octanol–water partition coefficient (Wildman–Crippen LogP) is 1.51. The molecule has 0 saturated carbocycles. The van der Waals surface area contributed by atoms with Gasteiger partial charge >= 0.3 is 0 Å². The number of para-hydroxylation sites is 1. The molecule has 3 aromatic rings. The van der Waals surface area contributed by atoms with Gasteiger partial charge in [-0.25, -0.2) is 10.1 Å². The molecule has 0 aliphatic heterocycles. The van der Waals surface area contributed by atoms with E-state index in [9.17, 15) is 9.59 Å². The number of carbonyl (C=O) groups is 1. The van der Waals surface area contributed by atoms with Crippen molar-refractivity contribution in [1.82, 2.24) is 19.8 Å². The van der Waals surface area contributed by atoms with Crippen LogP contribution in [-0.4, -0.2) is 26.5 Å². The number of hydrogen-bond acceptors (Lipinski definition) is 3. The van der Waals surface area contributed by atoms with E-state index >= 15 is 0 Å². The number of H-pyrrole nitrogens is 1. The molecule has 2 N–H and O–H groups in total. The van der Waals surface area contributed by atoms with Gasteiger partial charge in [-0.05, 0) is 31.2 Å². The standard InChI is InChI=1S/C18H19N5O2/c1-13-16(18(25)23(21-13)14-7-4-3-5-8-14)12-19-20-17(24)11-15-9-6-10-22(15)2/h3-10,12,21H,11H2,1-2H3,(H,20,24)/b19-12+. The molecular formula is C18H19N5O2. The van der Waals surface area contributed by atoms with Crippen LogP contribution in [0.2, 0.25) is 0 Å². The van der Waals surface area contributed by atoms with Gasteiger partial charge in [-0.15, -0.1) is 0 Å². The molecule has 0 radical (unpaired) electrons. The Labute approximate surface area is 144 Å². The van der Waals surface area contributed by atoms with Gasteiger partial charge in [-0.1, -0.05) is 18.2 Å². The van der Waals surface area contributed by atoms with Crippen LogP contribution < -0.4 is 11.0 Å². The van der Waals surface area contributed by atoms with Crippen molar-refractivity contribution >= 4 is 12.1 Å². The van der Waals surface area contributed by atoms with Crippen molar-refractivity contribution in [2.45, 2.75) is 13.3 Å². The van der Waals surface area contributed by atoms with Crippen LogP contribution in [0, 0.1) is 6.92 Å². The summed E-state index contributed by atoms with van der Waals surface area (Å²) in [5.74, 6) is -0.241. The molecule has 0 saturated heterocycles. The lowest BCUT2D eigenvalue weighted by Gasteiger charge is -2.01. The van der Waals surface area contributed by atoms with Crippen molar-refractivity contribution in [3.05, 3.63) is 76.0 Å². The number of amides is 1. The van der Waals surface area contributed by atoms with E-state index in [1.54, 1.807) is 6.92 Å². The van der Waals surface area contributed by atoms with Crippen LogP contribution in [-0.2, 0) is 18.3 Å². The fraction of sp³-hybridized carbons (Fsp3) is 0.167. The number of aryl methyl sites for hydroxylation is 2. The topological polar surface area (TPSA) is 84.2 Å². The molecular weight excluding hydrogens is 318 g/mol. The van der Waals surface area contributed by atoms with Gasteiger partial charge in [-0.2, -0.15) is 5.10 Å². The minimum absolute atomic E-state index is 0.218. The molecule has 0 unspecified atom stereocenters. The molecule has 7 heteroatoms. The molecule has 0 atom stereocenters. The summed E-state index contributed by atoms with van der Waals surface area (Å²) in [6.07, 6.45) is 3.47. The van der Waals surface area contributed by atoms with Crippen molar-refractivity contribution in [2.75, 3.05) is 0 Å². The van der Waals surface area contributed by atoms with E-state index in [1.165, 1.54) is 10.9 Å². The Morgan fingerprint density at radius 3 is 2.68 bits per heavy atom. The molecule has 0 bridgehead atoms. The van der Waals surface area contributed by atoms with Gasteiger partial charge in [0.15, 0.2) is 0 Å². The Hall–Kier alpha value is -3.35. The fourth-order valence-corrected chi connectivity index (χ4v) is 2.52. The van der Waals surface area contributed by atoms with Crippen molar-refractivity contribution in [3.8, 4) is 5.69 Å². The lowest BCUT2D eigenvalue weighted by Crippen LogP contribution is -2.22. The van der Waals surface area contributed by atoms with Crippen LogP contribution in [0.3, 0.4) is 0 Å². The van der Waals surface area contributed by atoms with E-state index in [-0.39, 0.29) is 17.9 Å². The van der Waals surface area contributed by atoms with Crippen LogP contribution in [0.1, 0.15) is 17.0 Å². The van der Waals surface area contributed by atoms with E-state index in [1.807, 2.05) is 60.3 Å². The highest BCUT2D eigenvalue weighted by Crippen LogP contribution is 2.05. The summed E-state index contributed by atoms with van der Waals surface area (Å²) in [6, 6.07) is 13.0. The van der Waals surface area contributed by atoms with E-state index in [0.717, 1.165) is 11.4 Å². The van der Waals surface area contributed by atoms with Gasteiger partial charge in [-0.3, -0.25) is 14.7 Å². The normalized spacial score (nSPS) is 11.1. The zero-order valence-electron chi connectivity index (χ0n) is 14.1. The van der Waals surface area contributed by atoms with Crippen molar-refractivity contribution in [1.29, 1.82) is 0 Å². The lowest BCUT2D eigenvalue weighted by molar-refractivity contribution is -0.120. The number of nitrogens with one attached hydrogen (secondary N) is 2. The fourth-order valence-electron chi connectivity index (χ4n) is 2.52. The second-order valence-corrected chi connectivity index (χ2v) is 5.71. The first-order chi connectivity index (χ1) is 12.1. The summed E-state index contributed by atoms with van der Waals surface area (Å²) >= 11 is 0. The molecule has 128 valence electrons. The number of carbonyl (C=O) groups excluding carboxylic acids is 1. The maximum Gasteiger partial charge on any atom is 0.280 e. The Balaban J connectivity index is 1.72. The number of aromatic nitrogens is 3. The van der Waals surface area contributed by atoms with Gasteiger partial charge < -0.3 is 4.57 Å². The summed E-state index contributed by atoms with van der Waals surface area (Å²) in [5, 5.41) is 6.92. The monoisotopic (exact) mass is 337 g/mol. The molecule has 1 aromatic carbocycles. The van der Waals surface area contributed by atoms with Crippen LogP contribution in [0.25, 0.3) is 5.69 Å². The summed E-state index contributed by atoms with van der Waals surface area (Å²) in [5.41, 5.74) is 4.94. The van der Waals surface area contributed by atoms with Gasteiger partial charge in [0.1, 0.15) is 0 Å². The Morgan fingerprint density at radius 2 is 2.00 bits per heavy atom. The molecule has 2 aromatic heterocycles. The molecule has 1 amide bonds. The third-order valence-corrected chi connectivity index (χ3v) is 3.91. The largest absolute Gasteiger partial charge is 0.354 e. The minimum atomic E-state index is -0.241. The zero-order chi connectivity index (χ0) is 17.8. The molecule has 3 rings (SSSR count). The van der Waals surface area contributed by atoms with Crippen LogP contribution in [0.4, 0.5) is 0 Å². The molecule has 0 fully saturated rings. The molecule has 0 spiro atoms. The predicted molar refractivity (Wildman–Crippen MR) is 96.0 cm³/mol. The Bertz CT molecular complexity index is 963. The Morgan fingerprint density at radius 1 is 1.24 bits per heavy atom. The molecule has 0 aliphatic rings. The average molecular weight is 337 g/mol. The van der Waals surface area contributed by atoms with Crippen LogP contribution in [0.5, 0.6) is 0 Å². The smallest absolute Gasteiger partial charge is 0.280 e. The number of aromatic amines is 1. The highest BCUT2D eigenvalue weighted by atomic mass is 16.2. The average Bonchev–Trinajstić information content (AvgIpc) is 3.13. The summed E-state index contributed by atoms with van der Waals surface area (Å²) in [7, 11) is 1.88. The van der Waals surface area contributed by atoms with Gasteiger partial charge in [0.25, 0.3) is 5.56 Å². The van der Waals surface area contributed by atoms with Crippen LogP contribution in [0.15, 0.2) is 58.6 Å². The molecule has 7 nitrogen and oxygen atoms in total. The van der Waals surface area contributed by atoms with Gasteiger partial charge in [0, 0.05) is 24.6 Å². The highest BCUT2D eigenvalue weighted by Gasteiger charge is 2.10. The maximum atomic E-state index is 12.5. The first-order valence-corrected chi connectivity index (χ1v) is 7.85. The van der Waals surface area contributed by atoms with Crippen LogP contribution >= 0.6 is 0 Å². The van der Waals surface area contributed by atoms with E-state index in [0.29, 0.717) is 11.3 Å². The second kappa shape index (κ2) is 7.04. The van der Waals surface area contributed by atoms with Crippen molar-refractivity contribution in [2.24, 2.45) is 12.1 Å². The zero-order valence-corrected chi connectivity index (χ0v) is 14.1. The van der Waals surface area contributed by atoms with E-state index in [2.05, 4.69) is 15.6 Å². The number of hydrogen-bond donors (Lipinski definition) is 2. The first-order valence-electron chi connectivity index (χ1n) is 7.85. The first kappa shape index (κ1) is 16.5. The molecule has 0 aliphatic carbocycles. The Kier molecular flexibility index (Phi) is 4.65. The third kappa shape index (κ3) is 3.60. The third-order valence-electron chi connectivity index (χ3n) is 3.91. The van der Waals surface area contributed by atoms with Crippen molar-refractivity contribution < 1.29 is 4.79 Å². The summed E-state index contributed by atoms with van der Waals surface area (Å²) in [6.45, 7) is 1.79. The van der Waals surface area contributed by atoms with Crippen molar-refractivity contribution in [3.63, 3.8) is 0 Å². The number of nitrogens with zero attached hydrogens (tertiary/aromatic N) is 3. The lowest BCUT2D eigenvalue weighted by atomic mass is 10.3. The number of benzene rings is 1. The summed E-state index contributed by atoms with van der Waals surface area (Å²) in [4.78, 5) is 24.4. The minimum Gasteiger partial charge on any atom is -0.354 e. The summed E-state index contributed by atoms with van der Waals surface area (Å²) < 4.78 is 3.32. The second-order valence-electron chi connectivity index (χ2n) is 5.71. The quantitative estimate of drug-likeness (QED) is 0.546. The molecule has 2 heterocycles. The maximum absolute atomic E-state index is 12.5. The number of hydrazone groups is 1. The number of rotatable bonds is 5. The molecule has 25 heavy (non-hydrogen) atoms. The van der Waals surface area contributed by atoms with E-state index < -0.39 is 0 Å².